The number of hydrogen-bond donors (Lipinski definition) is 1. The van der Waals surface area contributed by atoms with Gasteiger partial charge in [-0.1, -0.05) is 18.2 Å². The average molecular weight is 189 g/mol. The molecule has 0 atom stereocenters. The monoisotopic (exact) mass is 189 g/mol. The molecule has 0 saturated carbocycles. The van der Waals surface area contributed by atoms with Crippen LogP contribution in [0.15, 0.2) is 36.5 Å². The molecule has 74 valence electrons. The fourth-order valence-corrected chi connectivity index (χ4v) is 1.57. The van der Waals surface area contributed by atoms with Gasteiger partial charge in [-0.3, -0.25) is 5.01 Å². The van der Waals surface area contributed by atoms with E-state index in [0.29, 0.717) is 6.54 Å². The third-order valence-electron chi connectivity index (χ3n) is 2.42. The highest BCUT2D eigenvalue weighted by Gasteiger charge is 2.12. The predicted octanol–water partition coefficient (Wildman–Crippen LogP) is 1.33. The molecule has 0 fully saturated rings. The van der Waals surface area contributed by atoms with E-state index in [2.05, 4.69) is 53.6 Å². The number of likely N-dealkylation sites (N-methyl/N-ethyl adjacent to an activating group) is 1. The van der Waals surface area contributed by atoms with Gasteiger partial charge >= 0.3 is 0 Å². The molecule has 0 aromatic heterocycles. The standard InChI is InChI=1S/C11H15N3/c1-13-7-2-8-14(13)11-5-3-10(9-12)4-6-11/h2-6,8H,7,9,12H2,1H3. The van der Waals surface area contributed by atoms with Crippen molar-refractivity contribution >= 4 is 5.69 Å². The number of nitrogens with zero attached hydrogens (tertiary/aromatic N) is 2. The van der Waals surface area contributed by atoms with Gasteiger partial charge in [-0.05, 0) is 17.7 Å². The van der Waals surface area contributed by atoms with E-state index in [1.165, 1.54) is 11.3 Å². The zero-order chi connectivity index (χ0) is 9.97. The van der Waals surface area contributed by atoms with E-state index in [4.69, 9.17) is 5.73 Å². The minimum absolute atomic E-state index is 0.603. The first-order valence-corrected chi connectivity index (χ1v) is 4.77. The second-order valence-electron chi connectivity index (χ2n) is 3.44. The molecule has 3 heteroatoms. The lowest BCUT2D eigenvalue weighted by atomic mass is 10.2. The van der Waals surface area contributed by atoms with E-state index in [-0.39, 0.29) is 0 Å². The van der Waals surface area contributed by atoms with E-state index in [1.807, 2.05) is 0 Å². The maximum atomic E-state index is 5.54. The van der Waals surface area contributed by atoms with Gasteiger partial charge in [0.1, 0.15) is 0 Å². The summed E-state index contributed by atoms with van der Waals surface area (Å²) in [4.78, 5) is 0. The Bertz CT molecular complexity index is 329. The van der Waals surface area contributed by atoms with Crippen molar-refractivity contribution in [2.75, 3.05) is 18.6 Å². The molecular formula is C11H15N3. The summed E-state index contributed by atoms with van der Waals surface area (Å²) in [5.74, 6) is 0. The zero-order valence-electron chi connectivity index (χ0n) is 8.35. The molecule has 1 aliphatic rings. The van der Waals surface area contributed by atoms with Crippen molar-refractivity contribution in [3.05, 3.63) is 42.1 Å². The first-order chi connectivity index (χ1) is 6.81. The van der Waals surface area contributed by atoms with Crippen LogP contribution in [0.1, 0.15) is 5.56 Å². The molecule has 0 spiro atoms. The Morgan fingerprint density at radius 3 is 2.50 bits per heavy atom. The zero-order valence-corrected chi connectivity index (χ0v) is 8.35. The summed E-state index contributed by atoms with van der Waals surface area (Å²) in [6.07, 6.45) is 4.22. The molecule has 1 heterocycles. The lowest BCUT2D eigenvalue weighted by Crippen LogP contribution is -2.31. The van der Waals surface area contributed by atoms with Crippen molar-refractivity contribution in [2.45, 2.75) is 6.54 Å². The van der Waals surface area contributed by atoms with E-state index in [9.17, 15) is 0 Å². The van der Waals surface area contributed by atoms with Crippen LogP contribution in [0.2, 0.25) is 0 Å². The van der Waals surface area contributed by atoms with Crippen LogP contribution < -0.4 is 10.7 Å². The van der Waals surface area contributed by atoms with Gasteiger partial charge < -0.3 is 5.73 Å². The lowest BCUT2D eigenvalue weighted by Gasteiger charge is -2.25. The number of benzene rings is 1. The molecule has 1 aromatic carbocycles. The van der Waals surface area contributed by atoms with Gasteiger partial charge in [0.15, 0.2) is 0 Å². The number of rotatable bonds is 2. The predicted molar refractivity (Wildman–Crippen MR) is 58.6 cm³/mol. The summed E-state index contributed by atoms with van der Waals surface area (Å²) in [6.45, 7) is 1.57. The van der Waals surface area contributed by atoms with Crippen LogP contribution in [0.5, 0.6) is 0 Å². The van der Waals surface area contributed by atoms with Crippen molar-refractivity contribution in [3.63, 3.8) is 0 Å². The maximum absolute atomic E-state index is 5.54. The van der Waals surface area contributed by atoms with Crippen LogP contribution in [0.25, 0.3) is 0 Å². The van der Waals surface area contributed by atoms with Crippen molar-refractivity contribution in [2.24, 2.45) is 5.73 Å². The molecule has 1 aromatic rings. The number of nitrogens with two attached hydrogens (primary N) is 1. The Morgan fingerprint density at radius 2 is 2.00 bits per heavy atom. The van der Waals surface area contributed by atoms with Crippen LogP contribution >= 0.6 is 0 Å². The van der Waals surface area contributed by atoms with Crippen LogP contribution in [0.3, 0.4) is 0 Å². The van der Waals surface area contributed by atoms with Crippen molar-refractivity contribution in [3.8, 4) is 0 Å². The van der Waals surface area contributed by atoms with Crippen molar-refractivity contribution in [1.82, 2.24) is 5.01 Å². The molecule has 0 saturated heterocycles. The van der Waals surface area contributed by atoms with E-state index >= 15 is 0 Å². The van der Waals surface area contributed by atoms with E-state index < -0.39 is 0 Å². The van der Waals surface area contributed by atoms with Crippen LogP contribution in [-0.4, -0.2) is 18.6 Å². The van der Waals surface area contributed by atoms with Gasteiger partial charge in [0.2, 0.25) is 0 Å². The number of anilines is 1. The van der Waals surface area contributed by atoms with Gasteiger partial charge in [0.25, 0.3) is 0 Å². The largest absolute Gasteiger partial charge is 0.326 e. The molecule has 0 unspecified atom stereocenters. The number of hydrogen-bond acceptors (Lipinski definition) is 3. The summed E-state index contributed by atoms with van der Waals surface area (Å²) in [5, 5.41) is 4.28. The Morgan fingerprint density at radius 1 is 1.29 bits per heavy atom. The summed E-state index contributed by atoms with van der Waals surface area (Å²) in [7, 11) is 2.07. The third kappa shape index (κ3) is 1.64. The molecule has 1 aliphatic heterocycles. The molecule has 0 aliphatic carbocycles. The lowest BCUT2D eigenvalue weighted by molar-refractivity contribution is 0.397. The van der Waals surface area contributed by atoms with Gasteiger partial charge in [-0.25, -0.2) is 5.01 Å². The highest BCUT2D eigenvalue weighted by Crippen LogP contribution is 2.19. The molecule has 0 amide bonds. The van der Waals surface area contributed by atoms with Gasteiger partial charge in [-0.15, -0.1) is 0 Å². The second-order valence-corrected chi connectivity index (χ2v) is 3.44. The summed E-state index contributed by atoms with van der Waals surface area (Å²) >= 11 is 0. The maximum Gasteiger partial charge on any atom is 0.0573 e. The Labute approximate surface area is 84.4 Å². The SMILES string of the molecule is CN1CC=CN1c1ccc(CN)cc1. The second kappa shape index (κ2) is 3.82. The molecule has 3 nitrogen and oxygen atoms in total. The fraction of sp³-hybridized carbons (Fsp3) is 0.273. The van der Waals surface area contributed by atoms with Crippen LogP contribution in [0.4, 0.5) is 5.69 Å². The Balaban J connectivity index is 2.20. The smallest absolute Gasteiger partial charge is 0.0573 e. The summed E-state index contributed by atoms with van der Waals surface area (Å²) in [5.41, 5.74) is 7.89. The highest BCUT2D eigenvalue weighted by atomic mass is 15.6. The Kier molecular flexibility index (Phi) is 2.52. The Hall–Kier alpha value is -1.32. The highest BCUT2D eigenvalue weighted by molar-refractivity contribution is 5.50. The summed E-state index contributed by atoms with van der Waals surface area (Å²) in [6, 6.07) is 8.31. The first-order valence-electron chi connectivity index (χ1n) is 4.77. The molecular weight excluding hydrogens is 174 g/mol. The van der Waals surface area contributed by atoms with Gasteiger partial charge in [0.05, 0.1) is 5.69 Å². The molecule has 0 bridgehead atoms. The van der Waals surface area contributed by atoms with E-state index in [1.54, 1.807) is 0 Å². The topological polar surface area (TPSA) is 32.5 Å². The molecule has 14 heavy (non-hydrogen) atoms. The van der Waals surface area contributed by atoms with Crippen molar-refractivity contribution < 1.29 is 0 Å². The van der Waals surface area contributed by atoms with E-state index in [0.717, 1.165) is 6.54 Å². The molecule has 0 radical (unpaired) electrons. The minimum atomic E-state index is 0.603. The molecule has 2 N–H and O–H groups in total. The van der Waals surface area contributed by atoms with Crippen LogP contribution in [-0.2, 0) is 6.54 Å². The average Bonchev–Trinajstić information content (AvgIpc) is 2.65. The third-order valence-corrected chi connectivity index (χ3v) is 2.42. The van der Waals surface area contributed by atoms with Gasteiger partial charge in [0, 0.05) is 26.3 Å². The number of hydrazine groups is 1. The normalized spacial score (nSPS) is 16.6. The van der Waals surface area contributed by atoms with Crippen molar-refractivity contribution in [1.29, 1.82) is 0 Å². The first kappa shape index (κ1) is 9.24. The van der Waals surface area contributed by atoms with Gasteiger partial charge in [-0.2, -0.15) is 0 Å². The minimum Gasteiger partial charge on any atom is -0.326 e. The van der Waals surface area contributed by atoms with Crippen LogP contribution in [0, 0.1) is 0 Å². The fourth-order valence-electron chi connectivity index (χ4n) is 1.57. The quantitative estimate of drug-likeness (QED) is 0.761. The summed E-state index contributed by atoms with van der Waals surface area (Å²) < 4.78 is 0. The molecule has 2 rings (SSSR count).